The number of ketones is 1. The Bertz CT molecular complexity index is 312. The summed E-state index contributed by atoms with van der Waals surface area (Å²) in [4.78, 5) is 10.8. The van der Waals surface area contributed by atoms with Gasteiger partial charge in [-0.2, -0.15) is 0 Å². The van der Waals surface area contributed by atoms with Crippen molar-refractivity contribution in [1.82, 2.24) is 0 Å². The summed E-state index contributed by atoms with van der Waals surface area (Å²) in [6.07, 6.45) is 0. The van der Waals surface area contributed by atoms with Crippen molar-refractivity contribution in [2.24, 2.45) is 0 Å². The molecule has 2 nitrogen and oxygen atoms in total. The highest BCUT2D eigenvalue weighted by molar-refractivity contribution is 5.96. The molecule has 58 valence electrons. The predicted octanol–water partition coefficient (Wildman–Crippen LogP) is 1.73. The summed E-state index contributed by atoms with van der Waals surface area (Å²) < 4.78 is 19.1. The summed E-state index contributed by atoms with van der Waals surface area (Å²) in [5.74, 6) is -0.762. The van der Waals surface area contributed by atoms with Crippen molar-refractivity contribution in [3.63, 3.8) is 0 Å². The molecule has 0 aliphatic heterocycles. The highest BCUT2D eigenvalue weighted by atomic mass is 19.1. The first kappa shape index (κ1) is 6.34. The van der Waals surface area contributed by atoms with E-state index in [9.17, 15) is 9.18 Å². The first-order valence-electron chi connectivity index (χ1n) is 3.49. The van der Waals surface area contributed by atoms with Gasteiger partial charge in [0, 0.05) is 0 Å². The van der Waals surface area contributed by atoms with Crippen LogP contribution in [0.2, 0.25) is 0 Å². The predicted molar refractivity (Wildman–Crippen MR) is 38.1 cm³/mol. The van der Waals surface area contributed by atoms with Crippen molar-refractivity contribution < 1.29 is 14.3 Å². The van der Waals surface area contributed by atoms with E-state index in [1.165, 1.54) is 13.0 Å². The van der Waals surface area contributed by atoms with Crippen LogP contribution < -0.4 is 0 Å². The van der Waals surface area contributed by atoms with Gasteiger partial charge in [0.15, 0.2) is 5.78 Å². The molecule has 0 radical (unpaired) electrons. The van der Waals surface area contributed by atoms with E-state index in [4.69, 9.17) is 1.43 Å². The first-order chi connectivity index (χ1) is 5.65. The second kappa shape index (κ2) is 2.70. The Morgan fingerprint density at radius 1 is 1.73 bits per heavy atom. The van der Waals surface area contributed by atoms with E-state index in [1.54, 1.807) is 0 Å². The average molecular weight is 155 g/mol. The maximum Gasteiger partial charge on any atom is 0.293 e. The third kappa shape index (κ3) is 1.55. The number of aromatic hydroxyl groups is 1. The third-order valence-corrected chi connectivity index (χ3v) is 1.32. The lowest BCUT2D eigenvalue weighted by molar-refractivity contribution is 0.101. The summed E-state index contributed by atoms with van der Waals surface area (Å²) in [6.45, 7) is 1.29. The Balaban J connectivity index is 3.21. The molecule has 1 rings (SSSR count). The number of rotatable bonds is 2. The number of Topliss-reactive ketones (excluding diaryl/α,β-unsaturated/α-hetero) is 1. The van der Waals surface area contributed by atoms with Gasteiger partial charge in [-0.15, -0.1) is 0 Å². The molecular formula is C8H7FO2. The van der Waals surface area contributed by atoms with Gasteiger partial charge in [-0.25, -0.2) is 4.39 Å². The van der Waals surface area contributed by atoms with Gasteiger partial charge in [-0.3, -0.25) is 4.79 Å². The maximum atomic E-state index is 12.6. The SMILES string of the molecule is [2H]Oc1ccc(F)cc1C(C)=O. The van der Waals surface area contributed by atoms with E-state index < -0.39 is 5.82 Å². The van der Waals surface area contributed by atoms with Gasteiger partial charge in [-0.1, -0.05) is 0 Å². The number of hydrogen-bond donors (Lipinski definition) is 1. The Morgan fingerprint density at radius 3 is 3.00 bits per heavy atom. The third-order valence-electron chi connectivity index (χ3n) is 1.32. The highest BCUT2D eigenvalue weighted by Crippen LogP contribution is 2.17. The van der Waals surface area contributed by atoms with E-state index in [2.05, 4.69) is 5.11 Å². The zero-order valence-corrected chi connectivity index (χ0v) is 5.93. The minimum Gasteiger partial charge on any atom is -0.507 e. The van der Waals surface area contributed by atoms with Crippen LogP contribution in [0, 0.1) is 5.82 Å². The standard InChI is InChI=1S/C8H7FO2/c1-5(10)7-4-6(9)2-3-8(7)11/h2-4,11H,1H3/i/hD. The summed E-state index contributed by atoms with van der Waals surface area (Å²) in [6, 6.07) is 3.43. The molecule has 0 aromatic heterocycles. The fourth-order valence-corrected chi connectivity index (χ4v) is 0.777. The second-order valence-corrected chi connectivity index (χ2v) is 2.20. The second-order valence-electron chi connectivity index (χ2n) is 2.20. The first-order valence-corrected chi connectivity index (χ1v) is 3.09. The number of halogens is 1. The van der Waals surface area contributed by atoms with E-state index >= 15 is 0 Å². The number of phenols is 1. The van der Waals surface area contributed by atoms with Gasteiger partial charge < -0.3 is 5.11 Å². The van der Waals surface area contributed by atoms with Gasteiger partial charge in [0.25, 0.3) is 1.43 Å². The number of carbonyl (C=O) groups excluding carboxylic acids is 1. The molecule has 1 aromatic carbocycles. The van der Waals surface area contributed by atoms with Crippen LogP contribution in [0.25, 0.3) is 0 Å². The zero-order valence-electron chi connectivity index (χ0n) is 6.93. The molecule has 0 amide bonds. The van der Waals surface area contributed by atoms with Gasteiger partial charge >= 0.3 is 0 Å². The molecule has 0 fully saturated rings. The van der Waals surface area contributed by atoms with Gasteiger partial charge in [0.1, 0.15) is 11.6 Å². The van der Waals surface area contributed by atoms with Crippen LogP contribution in [0.5, 0.6) is 5.75 Å². The van der Waals surface area contributed by atoms with Gasteiger partial charge in [0.05, 0.1) is 5.56 Å². The van der Waals surface area contributed by atoms with Crippen LogP contribution in [-0.4, -0.2) is 12.3 Å². The fraction of sp³-hybridized carbons (Fsp3) is 0.125. The van der Waals surface area contributed by atoms with Crippen LogP contribution in [0.4, 0.5) is 4.39 Å². The lowest BCUT2D eigenvalue weighted by Gasteiger charge is -1.98. The van der Waals surface area contributed by atoms with Crippen molar-refractivity contribution in [2.75, 3.05) is 0 Å². The summed E-state index contributed by atoms with van der Waals surface area (Å²) in [7, 11) is 0. The molecule has 0 bridgehead atoms. The number of carbonyl (C=O) groups is 1. The Labute approximate surface area is 64.8 Å². The quantitative estimate of drug-likeness (QED) is 0.660. The Morgan fingerprint density at radius 2 is 2.45 bits per heavy atom. The Hall–Kier alpha value is -1.38. The van der Waals surface area contributed by atoms with E-state index in [-0.39, 0.29) is 17.1 Å². The molecule has 0 atom stereocenters. The van der Waals surface area contributed by atoms with Crippen LogP contribution in [0.15, 0.2) is 18.2 Å². The van der Waals surface area contributed by atoms with Crippen molar-refractivity contribution in [1.29, 1.82) is 1.43 Å². The molecule has 11 heavy (non-hydrogen) atoms. The molecule has 0 spiro atoms. The van der Waals surface area contributed by atoms with E-state index in [0.29, 0.717) is 0 Å². The monoisotopic (exact) mass is 155 g/mol. The molecular weight excluding hydrogens is 147 g/mol. The normalized spacial score (nSPS) is 10.5. The van der Waals surface area contributed by atoms with Crippen molar-refractivity contribution in [2.45, 2.75) is 6.92 Å². The molecule has 1 aromatic rings. The van der Waals surface area contributed by atoms with Gasteiger partial charge in [-0.05, 0) is 25.1 Å². The minimum atomic E-state index is -0.513. The number of hydrogen-bond acceptors (Lipinski definition) is 2. The summed E-state index contributed by atoms with van der Waals surface area (Å²) in [5.41, 5.74) is 0.0880. The lowest BCUT2D eigenvalue weighted by Crippen LogP contribution is -1.92. The maximum absolute atomic E-state index is 12.6. The zero-order chi connectivity index (χ0) is 9.14. The minimum absolute atomic E-state index is 0.0731. The van der Waals surface area contributed by atoms with Crippen LogP contribution in [-0.2, 0) is 0 Å². The molecule has 0 saturated heterocycles. The number of phenolic OH excluding ortho intramolecular Hbond substituents is 1. The van der Waals surface area contributed by atoms with Gasteiger partial charge in [0.2, 0.25) is 0 Å². The van der Waals surface area contributed by atoms with Crippen LogP contribution >= 0.6 is 0 Å². The largest absolute Gasteiger partial charge is 0.507 e. The smallest absolute Gasteiger partial charge is 0.293 e. The highest BCUT2D eigenvalue weighted by Gasteiger charge is 2.06. The molecule has 0 saturated carbocycles. The molecule has 1 N–H and O–H groups in total. The fourth-order valence-electron chi connectivity index (χ4n) is 0.777. The molecule has 0 heterocycles. The van der Waals surface area contributed by atoms with E-state index in [1.807, 2.05) is 0 Å². The van der Waals surface area contributed by atoms with E-state index in [0.717, 1.165) is 12.1 Å². The van der Waals surface area contributed by atoms with Crippen molar-refractivity contribution in [3.05, 3.63) is 29.6 Å². The molecule has 3 heteroatoms. The summed E-state index contributed by atoms with van der Waals surface area (Å²) in [5, 5.41) is 4.12. The van der Waals surface area contributed by atoms with Crippen LogP contribution in [0.3, 0.4) is 0 Å². The molecule has 0 aliphatic carbocycles. The summed E-state index contributed by atoms with van der Waals surface area (Å²) >= 11 is 0. The molecule has 0 unspecified atom stereocenters. The average Bonchev–Trinajstić information content (AvgIpc) is 2.04. The van der Waals surface area contributed by atoms with Crippen molar-refractivity contribution >= 4 is 5.78 Å². The lowest BCUT2D eigenvalue weighted by atomic mass is 10.1. The van der Waals surface area contributed by atoms with Crippen LogP contribution in [0.1, 0.15) is 17.3 Å². The number of benzene rings is 1. The topological polar surface area (TPSA) is 37.3 Å². The van der Waals surface area contributed by atoms with Crippen molar-refractivity contribution in [3.8, 4) is 5.75 Å². The molecule has 0 aliphatic rings. The Kier molecular flexibility index (Phi) is 1.55.